The van der Waals surface area contributed by atoms with Crippen molar-refractivity contribution in [2.75, 3.05) is 43.6 Å². The summed E-state index contributed by atoms with van der Waals surface area (Å²) in [5, 5.41) is 7.78. The van der Waals surface area contributed by atoms with Gasteiger partial charge in [0, 0.05) is 48.6 Å². The molecule has 2 aromatic heterocycles. The van der Waals surface area contributed by atoms with E-state index < -0.39 is 9.84 Å². The Labute approximate surface area is 249 Å². The van der Waals surface area contributed by atoms with Crippen LogP contribution < -0.4 is 15.4 Å². The number of anilines is 1. The number of likely N-dealkylation sites (tertiary alicyclic amines) is 1. The lowest BCUT2D eigenvalue weighted by molar-refractivity contribution is -0.127. The van der Waals surface area contributed by atoms with Crippen molar-refractivity contribution in [1.82, 2.24) is 24.8 Å². The van der Waals surface area contributed by atoms with Gasteiger partial charge in [-0.2, -0.15) is 4.98 Å². The number of hydrogen-bond donors (Lipinski definition) is 2. The Kier molecular flexibility index (Phi) is 9.99. The third-order valence-electron chi connectivity index (χ3n) is 8.32. The van der Waals surface area contributed by atoms with Gasteiger partial charge >= 0.3 is 0 Å². The molecule has 1 aliphatic carbocycles. The van der Waals surface area contributed by atoms with E-state index in [0.717, 1.165) is 87.1 Å². The fourth-order valence-electron chi connectivity index (χ4n) is 6.22. The molecule has 1 aliphatic heterocycles. The Bertz CT molecular complexity index is 1450. The number of nitrogens with zero attached hydrogens (tertiary/aromatic N) is 4. The fraction of sp³-hybridized carbons (Fsp3) is 0.581. The molecule has 5 rings (SSSR count). The van der Waals surface area contributed by atoms with Crippen LogP contribution in [0.25, 0.3) is 16.7 Å². The van der Waals surface area contributed by atoms with Crippen molar-refractivity contribution in [3.8, 4) is 11.6 Å². The molecule has 1 atom stereocenters. The monoisotopic (exact) mass is 596 g/mol. The van der Waals surface area contributed by atoms with Gasteiger partial charge in [-0.25, -0.2) is 13.4 Å². The van der Waals surface area contributed by atoms with E-state index in [1.807, 2.05) is 41.1 Å². The molecule has 3 heterocycles. The van der Waals surface area contributed by atoms with Crippen molar-refractivity contribution >= 4 is 32.6 Å². The Hall–Kier alpha value is -3.18. The SMILES string of the molecule is CCCN1CCC[C@@H](NC(=O)C2CCC(Nc3nccc(-n4ccc5c(OCCCS(C)(=O)=O)cccc54)n3)CC2)C1. The van der Waals surface area contributed by atoms with E-state index in [0.29, 0.717) is 19.0 Å². The van der Waals surface area contributed by atoms with Gasteiger partial charge in [-0.3, -0.25) is 4.79 Å². The van der Waals surface area contributed by atoms with Gasteiger partial charge in [0.15, 0.2) is 0 Å². The minimum absolute atomic E-state index is 0.0749. The second-order valence-corrected chi connectivity index (χ2v) is 14.0. The maximum atomic E-state index is 13.0. The van der Waals surface area contributed by atoms with Gasteiger partial charge in [0.2, 0.25) is 11.9 Å². The number of piperidine rings is 1. The first-order chi connectivity index (χ1) is 20.3. The largest absolute Gasteiger partial charge is 0.493 e. The lowest BCUT2D eigenvalue weighted by Gasteiger charge is -2.34. The van der Waals surface area contributed by atoms with Crippen LogP contribution in [-0.2, 0) is 14.6 Å². The summed E-state index contributed by atoms with van der Waals surface area (Å²) in [7, 11) is -3.01. The highest BCUT2D eigenvalue weighted by molar-refractivity contribution is 7.90. The Morgan fingerprint density at radius 2 is 1.93 bits per heavy atom. The van der Waals surface area contributed by atoms with Crippen LogP contribution in [0.1, 0.15) is 58.3 Å². The number of benzene rings is 1. The summed E-state index contributed by atoms with van der Waals surface area (Å²) in [6.45, 7) is 5.77. The second-order valence-electron chi connectivity index (χ2n) is 11.8. The summed E-state index contributed by atoms with van der Waals surface area (Å²) in [4.78, 5) is 24.7. The van der Waals surface area contributed by atoms with Gasteiger partial charge in [-0.1, -0.05) is 13.0 Å². The number of rotatable bonds is 12. The molecule has 11 heteroatoms. The molecular formula is C31H44N6O4S. The van der Waals surface area contributed by atoms with E-state index in [4.69, 9.17) is 9.72 Å². The highest BCUT2D eigenvalue weighted by Gasteiger charge is 2.29. The van der Waals surface area contributed by atoms with E-state index in [9.17, 15) is 13.2 Å². The minimum atomic E-state index is -3.01. The molecule has 2 aliphatic rings. The molecular weight excluding hydrogens is 552 g/mol. The molecule has 1 aromatic carbocycles. The number of nitrogens with one attached hydrogen (secondary N) is 2. The summed E-state index contributed by atoms with van der Waals surface area (Å²) in [5.41, 5.74) is 0.947. The lowest BCUT2D eigenvalue weighted by Crippen LogP contribution is -2.49. The summed E-state index contributed by atoms with van der Waals surface area (Å²) in [5.74, 6) is 2.44. The van der Waals surface area contributed by atoms with Gasteiger partial charge in [-0.05, 0) is 88.7 Å². The number of sulfone groups is 1. The van der Waals surface area contributed by atoms with E-state index in [-0.39, 0.29) is 29.7 Å². The Morgan fingerprint density at radius 1 is 1.10 bits per heavy atom. The van der Waals surface area contributed by atoms with Crippen molar-refractivity contribution in [1.29, 1.82) is 0 Å². The van der Waals surface area contributed by atoms with Crippen molar-refractivity contribution in [3.63, 3.8) is 0 Å². The molecule has 1 saturated heterocycles. The number of fused-ring (bicyclic) bond motifs is 1. The Balaban J connectivity index is 1.15. The maximum Gasteiger partial charge on any atom is 0.224 e. The van der Waals surface area contributed by atoms with Gasteiger partial charge in [0.05, 0.1) is 17.9 Å². The lowest BCUT2D eigenvalue weighted by atomic mass is 9.85. The van der Waals surface area contributed by atoms with Gasteiger partial charge < -0.3 is 24.8 Å². The second kappa shape index (κ2) is 13.9. The number of aromatic nitrogens is 3. The highest BCUT2D eigenvalue weighted by atomic mass is 32.2. The van der Waals surface area contributed by atoms with Crippen molar-refractivity contribution in [2.24, 2.45) is 5.92 Å². The van der Waals surface area contributed by atoms with Crippen LogP contribution in [0.4, 0.5) is 5.95 Å². The topological polar surface area (TPSA) is 118 Å². The quantitative estimate of drug-likeness (QED) is 0.299. The number of carbonyl (C=O) groups excluding carboxylic acids is 1. The molecule has 3 aromatic rings. The number of amides is 1. The third kappa shape index (κ3) is 8.01. The van der Waals surface area contributed by atoms with Crippen molar-refractivity contribution in [2.45, 2.75) is 70.4 Å². The zero-order valence-electron chi connectivity index (χ0n) is 24.8. The van der Waals surface area contributed by atoms with Crippen LogP contribution in [-0.4, -0.2) is 84.1 Å². The average molecular weight is 597 g/mol. The minimum Gasteiger partial charge on any atom is -0.493 e. The summed E-state index contributed by atoms with van der Waals surface area (Å²) >= 11 is 0. The van der Waals surface area contributed by atoms with E-state index >= 15 is 0 Å². The first-order valence-corrected chi connectivity index (χ1v) is 17.4. The van der Waals surface area contributed by atoms with Crippen LogP contribution in [0, 0.1) is 5.92 Å². The van der Waals surface area contributed by atoms with Gasteiger partial charge in [0.1, 0.15) is 21.4 Å². The van der Waals surface area contributed by atoms with E-state index in [1.54, 1.807) is 6.20 Å². The fourth-order valence-corrected chi connectivity index (χ4v) is 6.86. The van der Waals surface area contributed by atoms with Crippen LogP contribution in [0.2, 0.25) is 0 Å². The smallest absolute Gasteiger partial charge is 0.224 e. The number of hydrogen-bond acceptors (Lipinski definition) is 8. The Morgan fingerprint density at radius 3 is 2.71 bits per heavy atom. The predicted octanol–water partition coefficient (Wildman–Crippen LogP) is 4.20. The predicted molar refractivity (Wildman–Crippen MR) is 166 cm³/mol. The first kappa shape index (κ1) is 30.3. The van der Waals surface area contributed by atoms with Crippen molar-refractivity contribution < 1.29 is 17.9 Å². The molecule has 0 bridgehead atoms. The molecule has 2 fully saturated rings. The van der Waals surface area contributed by atoms with Crippen LogP contribution in [0.5, 0.6) is 5.75 Å². The van der Waals surface area contributed by atoms with Gasteiger partial charge in [-0.15, -0.1) is 0 Å². The van der Waals surface area contributed by atoms with Crippen LogP contribution >= 0.6 is 0 Å². The molecule has 1 saturated carbocycles. The van der Waals surface area contributed by atoms with Crippen LogP contribution in [0.3, 0.4) is 0 Å². The molecule has 0 unspecified atom stereocenters. The maximum absolute atomic E-state index is 13.0. The highest BCUT2D eigenvalue weighted by Crippen LogP contribution is 2.30. The van der Waals surface area contributed by atoms with Gasteiger partial charge in [0.25, 0.3) is 0 Å². The van der Waals surface area contributed by atoms with E-state index in [1.165, 1.54) is 6.26 Å². The molecule has 42 heavy (non-hydrogen) atoms. The standard InChI is InChI=1S/C31H44N6O4S/c1-3-17-36-18-5-7-25(22-36)33-30(38)23-10-12-24(13-11-23)34-31-32-16-14-29(35-31)37-19-15-26-27(37)8-4-9-28(26)41-20-6-21-42(2,39)40/h4,8-9,14-16,19,23-25H,3,5-7,10-13,17-18,20-22H2,1-2H3,(H,33,38)(H,32,34,35)/t23?,24?,25-/m1/s1. The third-order valence-corrected chi connectivity index (χ3v) is 9.35. The van der Waals surface area contributed by atoms with Crippen LogP contribution in [0.15, 0.2) is 42.7 Å². The van der Waals surface area contributed by atoms with E-state index in [2.05, 4.69) is 27.4 Å². The zero-order valence-corrected chi connectivity index (χ0v) is 25.6. The molecule has 10 nitrogen and oxygen atoms in total. The molecule has 0 radical (unpaired) electrons. The molecule has 1 amide bonds. The molecule has 2 N–H and O–H groups in total. The normalized spacial score (nSPS) is 21.7. The molecule has 0 spiro atoms. The van der Waals surface area contributed by atoms with Crippen molar-refractivity contribution in [3.05, 3.63) is 42.7 Å². The zero-order chi connectivity index (χ0) is 29.5. The average Bonchev–Trinajstić information content (AvgIpc) is 3.41. The molecule has 228 valence electrons. The summed E-state index contributed by atoms with van der Waals surface area (Å²) < 4.78 is 30.7. The summed E-state index contributed by atoms with van der Waals surface area (Å²) in [6.07, 6.45) is 12.3. The number of ether oxygens (including phenoxy) is 1. The number of carbonyl (C=O) groups is 1. The first-order valence-electron chi connectivity index (χ1n) is 15.3. The summed E-state index contributed by atoms with van der Waals surface area (Å²) in [6, 6.07) is 10.2.